The minimum atomic E-state index is 0.187. The Kier molecular flexibility index (Phi) is 7.51. The summed E-state index contributed by atoms with van der Waals surface area (Å²) in [7, 11) is 0. The average molecular weight is 435 g/mol. The SMILES string of the molecule is CC(C)CCOc1ccccc1CN1CCC2(CC1)CCN(C(=O)c1ccccc1)CC2. The largest absolute Gasteiger partial charge is 0.493 e. The van der Waals surface area contributed by atoms with E-state index in [0.29, 0.717) is 11.3 Å². The van der Waals surface area contributed by atoms with Gasteiger partial charge in [-0.15, -0.1) is 0 Å². The van der Waals surface area contributed by atoms with Gasteiger partial charge in [0.25, 0.3) is 5.91 Å². The van der Waals surface area contributed by atoms with Crippen LogP contribution in [0.4, 0.5) is 0 Å². The molecule has 0 aliphatic carbocycles. The molecule has 2 aromatic rings. The van der Waals surface area contributed by atoms with Gasteiger partial charge < -0.3 is 9.64 Å². The molecule has 2 saturated heterocycles. The first-order valence-corrected chi connectivity index (χ1v) is 12.3. The van der Waals surface area contributed by atoms with E-state index < -0.39 is 0 Å². The second-order valence-corrected chi connectivity index (χ2v) is 10.1. The number of likely N-dealkylation sites (tertiary alicyclic amines) is 2. The first kappa shape index (κ1) is 22.8. The molecule has 32 heavy (non-hydrogen) atoms. The van der Waals surface area contributed by atoms with E-state index in [2.05, 4.69) is 47.9 Å². The van der Waals surface area contributed by atoms with Gasteiger partial charge in [0.05, 0.1) is 6.61 Å². The number of hydrogen-bond acceptors (Lipinski definition) is 3. The third-order valence-corrected chi connectivity index (χ3v) is 7.37. The van der Waals surface area contributed by atoms with Crippen LogP contribution in [0.1, 0.15) is 61.9 Å². The van der Waals surface area contributed by atoms with Gasteiger partial charge in [-0.3, -0.25) is 9.69 Å². The first-order chi connectivity index (χ1) is 15.5. The third kappa shape index (κ3) is 5.72. The van der Waals surface area contributed by atoms with Crippen molar-refractivity contribution in [3.63, 3.8) is 0 Å². The summed E-state index contributed by atoms with van der Waals surface area (Å²) >= 11 is 0. The van der Waals surface area contributed by atoms with Crippen LogP contribution in [0, 0.1) is 11.3 Å². The lowest BCUT2D eigenvalue weighted by molar-refractivity contribution is 0.0283. The Morgan fingerprint density at radius 3 is 2.22 bits per heavy atom. The molecule has 0 N–H and O–H groups in total. The maximum atomic E-state index is 12.8. The lowest BCUT2D eigenvalue weighted by Crippen LogP contribution is -2.48. The van der Waals surface area contributed by atoms with E-state index in [1.165, 1.54) is 18.4 Å². The van der Waals surface area contributed by atoms with Crippen LogP contribution in [-0.2, 0) is 6.54 Å². The van der Waals surface area contributed by atoms with E-state index >= 15 is 0 Å². The van der Waals surface area contributed by atoms with Crippen molar-refractivity contribution >= 4 is 5.91 Å². The Bertz CT molecular complexity index is 862. The Morgan fingerprint density at radius 2 is 1.53 bits per heavy atom. The maximum absolute atomic E-state index is 12.8. The monoisotopic (exact) mass is 434 g/mol. The molecule has 2 aromatic carbocycles. The van der Waals surface area contributed by atoms with Crippen molar-refractivity contribution in [3.8, 4) is 5.75 Å². The predicted octanol–water partition coefficient (Wildman–Crippen LogP) is 5.63. The minimum absolute atomic E-state index is 0.187. The van der Waals surface area contributed by atoms with Crippen LogP contribution in [0.15, 0.2) is 54.6 Å². The van der Waals surface area contributed by atoms with Gasteiger partial charge in [0.2, 0.25) is 0 Å². The summed E-state index contributed by atoms with van der Waals surface area (Å²) in [5, 5.41) is 0. The van der Waals surface area contributed by atoms with E-state index in [0.717, 1.165) is 69.9 Å². The Hall–Kier alpha value is -2.33. The van der Waals surface area contributed by atoms with Gasteiger partial charge in [-0.1, -0.05) is 50.2 Å². The normalized spacial score (nSPS) is 18.8. The van der Waals surface area contributed by atoms with E-state index in [-0.39, 0.29) is 5.91 Å². The highest BCUT2D eigenvalue weighted by molar-refractivity contribution is 5.94. The van der Waals surface area contributed by atoms with E-state index in [1.54, 1.807) is 0 Å². The van der Waals surface area contributed by atoms with Crippen LogP contribution in [0.2, 0.25) is 0 Å². The van der Waals surface area contributed by atoms with E-state index in [1.807, 2.05) is 30.3 Å². The third-order valence-electron chi connectivity index (χ3n) is 7.37. The number of carbonyl (C=O) groups excluding carboxylic acids is 1. The van der Waals surface area contributed by atoms with Crippen molar-refractivity contribution < 1.29 is 9.53 Å². The molecule has 4 rings (SSSR count). The fraction of sp³-hybridized carbons (Fsp3) is 0.536. The average Bonchev–Trinajstić information content (AvgIpc) is 2.82. The highest BCUT2D eigenvalue weighted by Gasteiger charge is 2.38. The number of para-hydroxylation sites is 1. The summed E-state index contributed by atoms with van der Waals surface area (Å²) in [4.78, 5) is 17.4. The van der Waals surface area contributed by atoms with Gasteiger partial charge in [-0.25, -0.2) is 0 Å². The summed E-state index contributed by atoms with van der Waals surface area (Å²) in [6.07, 6.45) is 5.82. The van der Waals surface area contributed by atoms with Gasteiger partial charge in [0.15, 0.2) is 0 Å². The zero-order valence-corrected chi connectivity index (χ0v) is 19.8. The van der Waals surface area contributed by atoms with Gasteiger partial charge in [0.1, 0.15) is 5.75 Å². The van der Waals surface area contributed by atoms with Gasteiger partial charge in [-0.05, 0) is 74.7 Å². The molecule has 172 valence electrons. The molecular weight excluding hydrogens is 396 g/mol. The van der Waals surface area contributed by atoms with Crippen LogP contribution >= 0.6 is 0 Å². The van der Waals surface area contributed by atoms with E-state index in [4.69, 9.17) is 4.74 Å². The summed E-state index contributed by atoms with van der Waals surface area (Å²) in [5.41, 5.74) is 2.53. The fourth-order valence-electron chi connectivity index (χ4n) is 5.05. The number of piperidine rings is 2. The van der Waals surface area contributed by atoms with Crippen molar-refractivity contribution in [1.29, 1.82) is 0 Å². The van der Waals surface area contributed by atoms with Crippen LogP contribution in [-0.4, -0.2) is 48.5 Å². The summed E-state index contributed by atoms with van der Waals surface area (Å²) in [6, 6.07) is 18.2. The molecule has 2 aliphatic rings. The van der Waals surface area contributed by atoms with Crippen molar-refractivity contribution in [3.05, 3.63) is 65.7 Å². The lowest BCUT2D eigenvalue weighted by atomic mass is 9.71. The van der Waals surface area contributed by atoms with Crippen molar-refractivity contribution in [2.75, 3.05) is 32.8 Å². The second-order valence-electron chi connectivity index (χ2n) is 10.1. The molecule has 1 amide bonds. The van der Waals surface area contributed by atoms with Gasteiger partial charge in [0, 0.05) is 30.8 Å². The van der Waals surface area contributed by atoms with E-state index in [9.17, 15) is 4.79 Å². The van der Waals surface area contributed by atoms with Crippen LogP contribution in [0.3, 0.4) is 0 Å². The van der Waals surface area contributed by atoms with Crippen LogP contribution < -0.4 is 4.74 Å². The molecular formula is C28H38N2O2. The number of nitrogens with zero attached hydrogens (tertiary/aromatic N) is 2. The summed E-state index contributed by atoms with van der Waals surface area (Å²) in [5.74, 6) is 1.89. The number of amides is 1. The second kappa shape index (κ2) is 10.5. The molecule has 0 radical (unpaired) electrons. The molecule has 4 nitrogen and oxygen atoms in total. The first-order valence-electron chi connectivity index (χ1n) is 12.3. The number of benzene rings is 2. The topological polar surface area (TPSA) is 32.8 Å². The Balaban J connectivity index is 1.27. The quantitative estimate of drug-likeness (QED) is 0.566. The number of carbonyl (C=O) groups is 1. The molecule has 0 aromatic heterocycles. The standard InChI is InChI=1S/C28H38N2O2/c1-23(2)12-21-32-26-11-7-6-10-25(26)22-29-17-13-28(14-18-29)15-19-30(20-16-28)27(31)24-8-4-3-5-9-24/h3-11,23H,12-22H2,1-2H3. The van der Waals surface area contributed by atoms with Gasteiger partial charge in [-0.2, -0.15) is 0 Å². The molecule has 1 spiro atoms. The molecule has 2 aliphatic heterocycles. The molecule has 0 atom stereocenters. The number of hydrogen-bond donors (Lipinski definition) is 0. The lowest BCUT2D eigenvalue weighted by Gasteiger charge is -2.47. The van der Waals surface area contributed by atoms with Gasteiger partial charge >= 0.3 is 0 Å². The zero-order valence-electron chi connectivity index (χ0n) is 19.8. The Morgan fingerprint density at radius 1 is 0.906 bits per heavy atom. The molecule has 0 bridgehead atoms. The molecule has 0 saturated carbocycles. The molecule has 0 unspecified atom stereocenters. The number of ether oxygens (including phenoxy) is 1. The molecule has 2 heterocycles. The molecule has 2 fully saturated rings. The zero-order chi connectivity index (χ0) is 22.4. The molecule has 4 heteroatoms. The summed E-state index contributed by atoms with van der Waals surface area (Å²) < 4.78 is 6.11. The van der Waals surface area contributed by atoms with Crippen molar-refractivity contribution in [2.45, 2.75) is 52.5 Å². The van der Waals surface area contributed by atoms with Crippen molar-refractivity contribution in [1.82, 2.24) is 9.80 Å². The van der Waals surface area contributed by atoms with Crippen LogP contribution in [0.5, 0.6) is 5.75 Å². The fourth-order valence-corrected chi connectivity index (χ4v) is 5.05. The highest BCUT2D eigenvalue weighted by Crippen LogP contribution is 2.42. The van der Waals surface area contributed by atoms with Crippen LogP contribution in [0.25, 0.3) is 0 Å². The maximum Gasteiger partial charge on any atom is 0.253 e. The number of rotatable bonds is 7. The minimum Gasteiger partial charge on any atom is -0.493 e. The summed E-state index contributed by atoms with van der Waals surface area (Å²) in [6.45, 7) is 10.3. The predicted molar refractivity (Wildman–Crippen MR) is 130 cm³/mol. The Labute approximate surface area is 193 Å². The smallest absolute Gasteiger partial charge is 0.253 e. The van der Waals surface area contributed by atoms with Crippen molar-refractivity contribution in [2.24, 2.45) is 11.3 Å². The highest BCUT2D eigenvalue weighted by atomic mass is 16.5.